The Bertz CT molecular complexity index is 243. The summed E-state index contributed by atoms with van der Waals surface area (Å²) < 4.78 is 0. The first-order valence-electron chi connectivity index (χ1n) is 6.67. The van der Waals surface area contributed by atoms with Crippen LogP contribution in [0.25, 0.3) is 0 Å². The number of likely N-dealkylation sites (tertiary alicyclic amines) is 1. The van der Waals surface area contributed by atoms with Gasteiger partial charge in [0.05, 0.1) is 0 Å². The Morgan fingerprint density at radius 3 is 2.82 bits per heavy atom. The highest BCUT2D eigenvalue weighted by molar-refractivity contribution is 5.75. The molecule has 0 aromatic heterocycles. The van der Waals surface area contributed by atoms with E-state index in [-0.39, 0.29) is 11.9 Å². The zero-order valence-corrected chi connectivity index (χ0v) is 11.5. The molecular weight excluding hydrogens is 214 g/mol. The second-order valence-electron chi connectivity index (χ2n) is 5.56. The summed E-state index contributed by atoms with van der Waals surface area (Å²) in [4.78, 5) is 16.1. The van der Waals surface area contributed by atoms with Crippen LogP contribution >= 0.6 is 0 Å². The van der Waals surface area contributed by atoms with Crippen molar-refractivity contribution in [3.63, 3.8) is 0 Å². The van der Waals surface area contributed by atoms with Gasteiger partial charge >= 0.3 is 0 Å². The fourth-order valence-electron chi connectivity index (χ4n) is 2.43. The molecular formula is C13H27N3O. The summed E-state index contributed by atoms with van der Waals surface area (Å²) in [6, 6.07) is 0.205. The number of hydrogen-bond acceptors (Lipinski definition) is 3. The van der Waals surface area contributed by atoms with Gasteiger partial charge in [-0.25, -0.2) is 0 Å². The molecule has 2 atom stereocenters. The minimum atomic E-state index is 0.205. The topological polar surface area (TPSA) is 49.6 Å². The average molecular weight is 241 g/mol. The van der Waals surface area contributed by atoms with Gasteiger partial charge < -0.3 is 15.5 Å². The number of hydrogen-bond donors (Lipinski definition) is 1. The molecule has 1 amide bonds. The second-order valence-corrected chi connectivity index (χ2v) is 5.56. The molecule has 1 aliphatic heterocycles. The van der Waals surface area contributed by atoms with Crippen molar-refractivity contribution in [2.75, 3.05) is 33.7 Å². The Morgan fingerprint density at radius 1 is 1.59 bits per heavy atom. The van der Waals surface area contributed by atoms with E-state index in [9.17, 15) is 4.79 Å². The van der Waals surface area contributed by atoms with Crippen molar-refractivity contribution >= 4 is 5.91 Å². The smallest absolute Gasteiger partial charge is 0.222 e. The van der Waals surface area contributed by atoms with Crippen LogP contribution < -0.4 is 5.73 Å². The minimum Gasteiger partial charge on any atom is -0.345 e. The first kappa shape index (κ1) is 14.5. The largest absolute Gasteiger partial charge is 0.345 e. The lowest BCUT2D eigenvalue weighted by molar-refractivity contribution is -0.130. The molecule has 17 heavy (non-hydrogen) atoms. The number of carbonyl (C=O) groups excluding carboxylic acids is 1. The van der Waals surface area contributed by atoms with Crippen LogP contribution in [0.5, 0.6) is 0 Å². The summed E-state index contributed by atoms with van der Waals surface area (Å²) in [5, 5.41) is 0. The highest BCUT2D eigenvalue weighted by Crippen LogP contribution is 2.15. The van der Waals surface area contributed by atoms with Crippen LogP contribution in [0.2, 0.25) is 0 Å². The summed E-state index contributed by atoms with van der Waals surface area (Å²) in [6.07, 6.45) is 3.70. The fraction of sp³-hybridized carbons (Fsp3) is 0.923. The lowest BCUT2D eigenvalue weighted by Crippen LogP contribution is -2.32. The van der Waals surface area contributed by atoms with E-state index in [0.717, 1.165) is 32.5 Å². The number of nitrogens with two attached hydrogens (primary N) is 1. The molecule has 0 saturated carbocycles. The summed E-state index contributed by atoms with van der Waals surface area (Å²) >= 11 is 0. The first-order valence-corrected chi connectivity index (χ1v) is 6.67. The Labute approximate surface area is 105 Å². The van der Waals surface area contributed by atoms with Crippen molar-refractivity contribution in [1.82, 2.24) is 9.80 Å². The molecule has 1 saturated heterocycles. The maximum Gasteiger partial charge on any atom is 0.222 e. The fourth-order valence-corrected chi connectivity index (χ4v) is 2.43. The molecule has 0 aliphatic carbocycles. The third kappa shape index (κ3) is 5.50. The zero-order chi connectivity index (χ0) is 12.8. The van der Waals surface area contributed by atoms with E-state index < -0.39 is 0 Å². The monoisotopic (exact) mass is 241 g/mol. The molecule has 0 radical (unpaired) electrons. The molecule has 0 bridgehead atoms. The normalized spacial score (nSPS) is 22.7. The van der Waals surface area contributed by atoms with Crippen molar-refractivity contribution in [2.45, 2.75) is 38.6 Å². The van der Waals surface area contributed by atoms with E-state index in [4.69, 9.17) is 5.73 Å². The Morgan fingerprint density at radius 2 is 2.29 bits per heavy atom. The molecule has 4 nitrogen and oxygen atoms in total. The van der Waals surface area contributed by atoms with E-state index >= 15 is 0 Å². The number of amides is 1. The number of nitrogens with zero attached hydrogens (tertiary/aromatic N) is 2. The molecule has 0 aromatic rings. The van der Waals surface area contributed by atoms with Gasteiger partial charge in [-0.1, -0.05) is 0 Å². The van der Waals surface area contributed by atoms with Crippen molar-refractivity contribution < 1.29 is 4.79 Å². The van der Waals surface area contributed by atoms with Gasteiger partial charge in [-0.15, -0.1) is 0 Å². The van der Waals surface area contributed by atoms with Crippen molar-refractivity contribution in [2.24, 2.45) is 11.7 Å². The Kier molecular flexibility index (Phi) is 5.92. The molecule has 1 aliphatic rings. The van der Waals surface area contributed by atoms with Gasteiger partial charge in [-0.3, -0.25) is 4.79 Å². The predicted molar refractivity (Wildman–Crippen MR) is 70.7 cm³/mol. The molecule has 2 N–H and O–H groups in total. The van der Waals surface area contributed by atoms with E-state index in [1.165, 1.54) is 6.42 Å². The molecule has 1 rings (SSSR count). The summed E-state index contributed by atoms with van der Waals surface area (Å²) in [5.41, 5.74) is 5.67. The van der Waals surface area contributed by atoms with E-state index in [1.807, 2.05) is 18.9 Å². The van der Waals surface area contributed by atoms with Gasteiger partial charge in [0, 0.05) is 32.6 Å². The highest BCUT2D eigenvalue weighted by atomic mass is 16.2. The highest BCUT2D eigenvalue weighted by Gasteiger charge is 2.22. The molecule has 100 valence electrons. The van der Waals surface area contributed by atoms with Crippen molar-refractivity contribution in [3.05, 3.63) is 0 Å². The van der Waals surface area contributed by atoms with Crippen molar-refractivity contribution in [3.8, 4) is 0 Å². The van der Waals surface area contributed by atoms with Crippen LogP contribution in [0.4, 0.5) is 0 Å². The number of carbonyl (C=O) groups is 1. The number of rotatable bonds is 6. The van der Waals surface area contributed by atoms with Crippen LogP contribution in [0.3, 0.4) is 0 Å². The molecule has 0 spiro atoms. The van der Waals surface area contributed by atoms with Gasteiger partial charge in [0.2, 0.25) is 5.91 Å². The van der Waals surface area contributed by atoms with Crippen LogP contribution in [0, 0.1) is 5.92 Å². The zero-order valence-electron chi connectivity index (χ0n) is 11.5. The van der Waals surface area contributed by atoms with E-state index in [0.29, 0.717) is 12.3 Å². The second kappa shape index (κ2) is 6.97. The molecule has 1 heterocycles. The van der Waals surface area contributed by atoms with E-state index in [1.54, 1.807) is 0 Å². The molecule has 1 fully saturated rings. The third-order valence-electron chi connectivity index (χ3n) is 3.50. The van der Waals surface area contributed by atoms with Gasteiger partial charge in [0.15, 0.2) is 0 Å². The van der Waals surface area contributed by atoms with Crippen LogP contribution in [0.1, 0.15) is 32.6 Å². The average Bonchev–Trinajstić information content (AvgIpc) is 2.63. The summed E-state index contributed by atoms with van der Waals surface area (Å²) in [6.45, 7) is 5.18. The lowest BCUT2D eigenvalue weighted by Gasteiger charge is -2.21. The maximum atomic E-state index is 11.9. The maximum absolute atomic E-state index is 11.9. The van der Waals surface area contributed by atoms with Crippen molar-refractivity contribution in [1.29, 1.82) is 0 Å². The standard InChI is InChI=1S/C13H27N3O/c1-11(14)5-4-6-13(17)16(3)10-12-7-8-15(2)9-12/h11-12H,4-10,14H2,1-3H3. The van der Waals surface area contributed by atoms with Crippen LogP contribution in [-0.4, -0.2) is 55.5 Å². The Hall–Kier alpha value is -0.610. The van der Waals surface area contributed by atoms with Gasteiger partial charge in [0.1, 0.15) is 0 Å². The third-order valence-corrected chi connectivity index (χ3v) is 3.50. The minimum absolute atomic E-state index is 0.205. The van der Waals surface area contributed by atoms with Crippen LogP contribution in [-0.2, 0) is 4.79 Å². The molecule has 4 heteroatoms. The first-order chi connectivity index (χ1) is 7.99. The molecule has 2 unspecified atom stereocenters. The van der Waals surface area contributed by atoms with Gasteiger partial charge in [0.25, 0.3) is 0 Å². The predicted octanol–water partition coefficient (Wildman–Crippen LogP) is 0.914. The molecule has 0 aromatic carbocycles. The van der Waals surface area contributed by atoms with Gasteiger partial charge in [-0.05, 0) is 45.7 Å². The quantitative estimate of drug-likeness (QED) is 0.752. The van der Waals surface area contributed by atoms with Crippen LogP contribution in [0.15, 0.2) is 0 Å². The van der Waals surface area contributed by atoms with Gasteiger partial charge in [-0.2, -0.15) is 0 Å². The lowest BCUT2D eigenvalue weighted by atomic mass is 10.1. The SMILES string of the molecule is CC(N)CCCC(=O)N(C)CC1CCN(C)C1. The van der Waals surface area contributed by atoms with E-state index in [2.05, 4.69) is 11.9 Å². The summed E-state index contributed by atoms with van der Waals surface area (Å²) in [5.74, 6) is 0.919. The Balaban J connectivity index is 2.18. The summed E-state index contributed by atoms with van der Waals surface area (Å²) in [7, 11) is 4.07.